The molecule has 0 unspecified atom stereocenters. The number of methoxy groups -OCH3 is 1. The molecule has 11 heteroatoms. The minimum absolute atomic E-state index is 0.00313. The number of hydrogen-bond acceptors (Lipinski definition) is 4. The van der Waals surface area contributed by atoms with E-state index < -0.39 is 37.2 Å². The molecule has 0 rings (SSSR count). The molecular weight excluding hydrogens is 305 g/mol. The van der Waals surface area contributed by atoms with Crippen LogP contribution >= 0.6 is 0 Å². The van der Waals surface area contributed by atoms with Crippen LogP contribution < -0.4 is 0 Å². The van der Waals surface area contributed by atoms with Crippen molar-refractivity contribution in [2.75, 3.05) is 33.5 Å². The van der Waals surface area contributed by atoms with Crippen molar-refractivity contribution in [3.05, 3.63) is 0 Å². The molecule has 4 nitrogen and oxygen atoms in total. The highest BCUT2D eigenvalue weighted by Crippen LogP contribution is 2.46. The number of ether oxygens (including phenoxy) is 3. The Morgan fingerprint density at radius 2 is 1.40 bits per heavy atom. The second kappa shape index (κ2) is 7.07. The van der Waals surface area contributed by atoms with Crippen LogP contribution in [0.25, 0.3) is 0 Å². The number of halogens is 7. The summed E-state index contributed by atoms with van der Waals surface area (Å²) in [5.41, 5.74) is 0. The Kier molecular flexibility index (Phi) is 6.68. The van der Waals surface area contributed by atoms with Gasteiger partial charge in [0.1, 0.15) is 6.61 Å². The molecule has 0 saturated heterocycles. The minimum atomic E-state index is -6.58. The molecule has 0 aromatic carbocycles. The number of rotatable bonds is 8. The van der Waals surface area contributed by atoms with Crippen LogP contribution in [0.4, 0.5) is 30.7 Å². The van der Waals surface area contributed by atoms with Gasteiger partial charge in [0, 0.05) is 7.11 Å². The van der Waals surface area contributed by atoms with E-state index in [0.29, 0.717) is 0 Å². The molecule has 0 fully saturated rings. The molecule has 0 spiro atoms. The van der Waals surface area contributed by atoms with Gasteiger partial charge in [0.05, 0.1) is 19.8 Å². The van der Waals surface area contributed by atoms with Crippen LogP contribution in [0, 0.1) is 0 Å². The van der Waals surface area contributed by atoms with Gasteiger partial charge in [-0.25, -0.2) is 4.79 Å². The Hall–Kier alpha value is -1.10. The molecule has 0 aliphatic rings. The van der Waals surface area contributed by atoms with Crippen LogP contribution in [-0.2, 0) is 19.0 Å². The largest absolute Gasteiger partial charge is 0.460 e. The number of esters is 1. The Morgan fingerprint density at radius 1 is 0.900 bits per heavy atom. The van der Waals surface area contributed by atoms with Crippen molar-refractivity contribution in [2.24, 2.45) is 0 Å². The molecule has 0 bridgehead atoms. The summed E-state index contributed by atoms with van der Waals surface area (Å²) in [6, 6.07) is 0. The third kappa shape index (κ3) is 4.47. The monoisotopic (exact) mass is 316 g/mol. The van der Waals surface area contributed by atoms with Gasteiger partial charge in [0.25, 0.3) is 0 Å². The number of alkyl halides is 7. The van der Waals surface area contributed by atoms with E-state index in [-0.39, 0.29) is 13.2 Å². The molecule has 0 amide bonds. The lowest BCUT2D eigenvalue weighted by atomic mass is 10.1. The van der Waals surface area contributed by atoms with Crippen LogP contribution in [-0.4, -0.2) is 57.5 Å². The van der Waals surface area contributed by atoms with Crippen molar-refractivity contribution in [1.29, 1.82) is 0 Å². The average molecular weight is 316 g/mol. The summed E-state index contributed by atoms with van der Waals surface area (Å²) < 4.78 is 98.3. The van der Waals surface area contributed by atoms with Crippen molar-refractivity contribution < 1.29 is 49.7 Å². The highest BCUT2D eigenvalue weighted by molar-refractivity contribution is 5.79. The summed E-state index contributed by atoms with van der Waals surface area (Å²) in [6.45, 7) is -1.21. The molecule has 0 radical (unpaired) electrons. The lowest BCUT2D eigenvalue weighted by molar-refractivity contribution is -0.348. The van der Waals surface area contributed by atoms with Gasteiger partial charge in [-0.15, -0.1) is 0 Å². The summed E-state index contributed by atoms with van der Waals surface area (Å²) >= 11 is 0. The van der Waals surface area contributed by atoms with E-state index in [1.54, 1.807) is 0 Å². The summed E-state index contributed by atoms with van der Waals surface area (Å²) in [5, 5.41) is 0. The van der Waals surface area contributed by atoms with Crippen LogP contribution in [0.1, 0.15) is 0 Å². The second-order valence-electron chi connectivity index (χ2n) is 3.39. The maximum Gasteiger partial charge on any atom is 0.460 e. The van der Waals surface area contributed by atoms with Gasteiger partial charge >= 0.3 is 24.0 Å². The molecular formula is C9H11F7O4. The van der Waals surface area contributed by atoms with Crippen molar-refractivity contribution in [3.8, 4) is 0 Å². The summed E-state index contributed by atoms with van der Waals surface area (Å²) in [5.74, 6) is -15.5. The molecule has 0 heterocycles. The van der Waals surface area contributed by atoms with Crippen LogP contribution in [0.5, 0.6) is 0 Å². The standard InChI is InChI=1S/C9H11F7O4/c1-18-2-3-19-4-5-20-6(17)7(10,11)8(12,13)9(14,15)16/h2-5H2,1H3. The predicted molar refractivity (Wildman–Crippen MR) is 49.6 cm³/mol. The van der Waals surface area contributed by atoms with Gasteiger partial charge < -0.3 is 14.2 Å². The quantitative estimate of drug-likeness (QED) is 0.390. The molecule has 0 N–H and O–H groups in total. The fraction of sp³-hybridized carbons (Fsp3) is 0.889. The molecule has 20 heavy (non-hydrogen) atoms. The highest BCUT2D eigenvalue weighted by Gasteiger charge is 2.77. The SMILES string of the molecule is COCCOCCOC(=O)C(F)(F)C(F)(F)C(F)(F)F. The van der Waals surface area contributed by atoms with Gasteiger partial charge in [-0.1, -0.05) is 0 Å². The van der Waals surface area contributed by atoms with Gasteiger partial charge in [0.15, 0.2) is 0 Å². The molecule has 0 saturated carbocycles. The molecule has 0 aromatic heterocycles. The van der Waals surface area contributed by atoms with E-state index >= 15 is 0 Å². The number of carbonyl (C=O) groups excluding carboxylic acids is 1. The minimum Gasteiger partial charge on any atom is -0.459 e. The smallest absolute Gasteiger partial charge is 0.459 e. The van der Waals surface area contributed by atoms with E-state index in [1.165, 1.54) is 7.11 Å². The van der Waals surface area contributed by atoms with Crippen LogP contribution in [0.15, 0.2) is 0 Å². The summed E-state index contributed by atoms with van der Waals surface area (Å²) in [7, 11) is 1.34. The summed E-state index contributed by atoms with van der Waals surface area (Å²) in [6.07, 6.45) is -6.58. The van der Waals surface area contributed by atoms with Gasteiger partial charge in [-0.2, -0.15) is 30.7 Å². The number of carbonyl (C=O) groups is 1. The van der Waals surface area contributed by atoms with Crippen molar-refractivity contribution in [3.63, 3.8) is 0 Å². The summed E-state index contributed by atoms with van der Waals surface area (Å²) in [4.78, 5) is 10.6. The van der Waals surface area contributed by atoms with Crippen LogP contribution in [0.2, 0.25) is 0 Å². The van der Waals surface area contributed by atoms with Crippen molar-refractivity contribution >= 4 is 5.97 Å². The zero-order chi connectivity index (χ0) is 16.0. The van der Waals surface area contributed by atoms with E-state index in [2.05, 4.69) is 14.2 Å². The Labute approximate surface area is 108 Å². The fourth-order valence-corrected chi connectivity index (χ4v) is 0.834. The first-order chi connectivity index (χ1) is 8.98. The Balaban J connectivity index is 4.39. The van der Waals surface area contributed by atoms with E-state index in [0.717, 1.165) is 0 Å². The zero-order valence-electron chi connectivity index (χ0n) is 10.1. The fourth-order valence-electron chi connectivity index (χ4n) is 0.834. The van der Waals surface area contributed by atoms with Gasteiger partial charge in [-0.3, -0.25) is 0 Å². The topological polar surface area (TPSA) is 44.8 Å². The number of hydrogen-bond donors (Lipinski definition) is 0. The lowest BCUT2D eigenvalue weighted by Gasteiger charge is -2.26. The molecule has 0 aliphatic heterocycles. The first-order valence-electron chi connectivity index (χ1n) is 5.04. The van der Waals surface area contributed by atoms with Crippen molar-refractivity contribution in [2.45, 2.75) is 18.0 Å². The molecule has 0 aromatic rings. The van der Waals surface area contributed by atoms with E-state index in [9.17, 15) is 35.5 Å². The third-order valence-corrected chi connectivity index (χ3v) is 1.90. The zero-order valence-corrected chi connectivity index (χ0v) is 10.1. The van der Waals surface area contributed by atoms with Crippen LogP contribution in [0.3, 0.4) is 0 Å². The Bertz CT molecular complexity index is 316. The second-order valence-corrected chi connectivity index (χ2v) is 3.39. The first-order valence-corrected chi connectivity index (χ1v) is 5.04. The predicted octanol–water partition coefficient (Wildman–Crippen LogP) is 2.03. The third-order valence-electron chi connectivity index (χ3n) is 1.90. The molecule has 120 valence electrons. The normalized spacial score (nSPS) is 13.4. The van der Waals surface area contributed by atoms with Gasteiger partial charge in [0.2, 0.25) is 0 Å². The van der Waals surface area contributed by atoms with E-state index in [1.807, 2.05) is 0 Å². The Morgan fingerprint density at radius 3 is 1.85 bits per heavy atom. The maximum absolute atomic E-state index is 12.7. The first kappa shape index (κ1) is 18.9. The average Bonchev–Trinajstić information content (AvgIpc) is 2.31. The van der Waals surface area contributed by atoms with Crippen molar-refractivity contribution in [1.82, 2.24) is 0 Å². The van der Waals surface area contributed by atoms with Gasteiger partial charge in [-0.05, 0) is 0 Å². The highest BCUT2D eigenvalue weighted by atomic mass is 19.4. The lowest BCUT2D eigenvalue weighted by Crippen LogP contribution is -2.56. The molecule has 0 atom stereocenters. The maximum atomic E-state index is 12.7. The molecule has 0 aliphatic carbocycles. The van der Waals surface area contributed by atoms with E-state index in [4.69, 9.17) is 0 Å².